The second-order valence-corrected chi connectivity index (χ2v) is 7.66. The van der Waals surface area contributed by atoms with Gasteiger partial charge in [-0.15, -0.1) is 0 Å². The second-order valence-electron chi connectivity index (χ2n) is 6.10. The molecule has 1 fully saturated rings. The zero-order valence-corrected chi connectivity index (χ0v) is 13.5. The summed E-state index contributed by atoms with van der Waals surface area (Å²) in [5.74, 6) is 0.777. The fourth-order valence-electron chi connectivity index (χ4n) is 2.98. The van der Waals surface area contributed by atoms with Crippen LogP contribution in [0.2, 0.25) is 0 Å². The van der Waals surface area contributed by atoms with E-state index >= 15 is 0 Å². The molecule has 0 bridgehead atoms. The van der Waals surface area contributed by atoms with Gasteiger partial charge in [-0.3, -0.25) is 0 Å². The lowest BCUT2D eigenvalue weighted by molar-refractivity contribution is 0.403. The highest BCUT2D eigenvalue weighted by molar-refractivity contribution is 7.89. The van der Waals surface area contributed by atoms with Crippen molar-refractivity contribution in [1.82, 2.24) is 5.32 Å². The Labute approximate surface area is 128 Å². The summed E-state index contributed by atoms with van der Waals surface area (Å²) >= 11 is 0. The van der Waals surface area contributed by atoms with E-state index in [1.165, 1.54) is 38.5 Å². The average Bonchev–Trinajstić information content (AvgIpc) is 2.72. The van der Waals surface area contributed by atoms with Crippen LogP contribution in [0, 0.1) is 5.92 Å². The van der Waals surface area contributed by atoms with Crippen LogP contribution >= 0.6 is 0 Å². The van der Waals surface area contributed by atoms with Crippen LogP contribution < -0.4 is 10.5 Å². The summed E-state index contributed by atoms with van der Waals surface area (Å²) in [4.78, 5) is 0.169. The Bertz CT molecular complexity index is 532. The minimum absolute atomic E-state index is 0.169. The van der Waals surface area contributed by atoms with Gasteiger partial charge in [-0.1, -0.05) is 37.8 Å². The van der Waals surface area contributed by atoms with Gasteiger partial charge in [0.1, 0.15) is 0 Å². The summed E-state index contributed by atoms with van der Waals surface area (Å²) in [6.07, 6.45) is 8.10. The number of rotatable bonds is 5. The highest BCUT2D eigenvalue weighted by atomic mass is 32.2. The third-order valence-corrected chi connectivity index (χ3v) is 5.33. The van der Waals surface area contributed by atoms with Gasteiger partial charge in [0.05, 0.1) is 4.90 Å². The minimum atomic E-state index is -3.60. The number of nitrogens with two attached hydrogens (primary N) is 1. The molecule has 5 heteroatoms. The molecule has 1 aliphatic rings. The lowest BCUT2D eigenvalue weighted by atomic mass is 9.99. The monoisotopic (exact) mass is 310 g/mol. The van der Waals surface area contributed by atoms with E-state index in [1.54, 1.807) is 12.1 Å². The van der Waals surface area contributed by atoms with Crippen LogP contribution in [0.15, 0.2) is 29.2 Å². The molecule has 1 saturated carbocycles. The Morgan fingerprint density at radius 2 is 1.71 bits per heavy atom. The zero-order chi connectivity index (χ0) is 15.3. The first-order valence-electron chi connectivity index (χ1n) is 7.83. The van der Waals surface area contributed by atoms with E-state index in [0.717, 1.165) is 18.0 Å². The minimum Gasteiger partial charge on any atom is -0.310 e. The maximum absolute atomic E-state index is 11.2. The van der Waals surface area contributed by atoms with Gasteiger partial charge in [0.2, 0.25) is 10.0 Å². The van der Waals surface area contributed by atoms with Crippen molar-refractivity contribution < 1.29 is 8.42 Å². The molecule has 0 heterocycles. The fourth-order valence-corrected chi connectivity index (χ4v) is 3.49. The van der Waals surface area contributed by atoms with E-state index in [0.29, 0.717) is 0 Å². The van der Waals surface area contributed by atoms with Gasteiger partial charge in [-0.05, 0) is 49.9 Å². The molecule has 1 atom stereocenters. The van der Waals surface area contributed by atoms with Crippen molar-refractivity contribution in [1.29, 1.82) is 0 Å². The van der Waals surface area contributed by atoms with Crippen molar-refractivity contribution in [3.8, 4) is 0 Å². The Morgan fingerprint density at radius 3 is 2.24 bits per heavy atom. The van der Waals surface area contributed by atoms with E-state index in [2.05, 4.69) is 12.2 Å². The van der Waals surface area contributed by atoms with E-state index in [-0.39, 0.29) is 10.9 Å². The topological polar surface area (TPSA) is 72.2 Å². The van der Waals surface area contributed by atoms with Crippen LogP contribution in [0.25, 0.3) is 0 Å². The van der Waals surface area contributed by atoms with Crippen molar-refractivity contribution in [2.24, 2.45) is 11.1 Å². The third kappa shape index (κ3) is 5.09. The number of primary sulfonamides is 1. The Hall–Kier alpha value is -0.910. The van der Waals surface area contributed by atoms with E-state index in [4.69, 9.17) is 5.14 Å². The molecule has 0 aliphatic heterocycles. The Balaban J connectivity index is 1.89. The molecule has 21 heavy (non-hydrogen) atoms. The van der Waals surface area contributed by atoms with E-state index in [1.807, 2.05) is 12.1 Å². The first kappa shape index (κ1) is 16.5. The van der Waals surface area contributed by atoms with Crippen LogP contribution in [0.4, 0.5) is 0 Å². The predicted molar refractivity (Wildman–Crippen MR) is 85.4 cm³/mol. The molecule has 2 rings (SSSR count). The molecule has 0 aromatic heterocycles. The summed E-state index contributed by atoms with van der Waals surface area (Å²) in [7, 11) is -3.60. The van der Waals surface area contributed by atoms with Gasteiger partial charge >= 0.3 is 0 Å². The summed E-state index contributed by atoms with van der Waals surface area (Å²) in [6.45, 7) is 3.15. The smallest absolute Gasteiger partial charge is 0.238 e. The molecule has 1 unspecified atom stereocenters. The molecule has 1 aromatic rings. The maximum atomic E-state index is 11.2. The molecule has 0 radical (unpaired) electrons. The van der Waals surface area contributed by atoms with Crippen molar-refractivity contribution in [3.63, 3.8) is 0 Å². The lowest BCUT2D eigenvalue weighted by Crippen LogP contribution is -2.25. The summed E-state index contributed by atoms with van der Waals surface area (Å²) in [6, 6.07) is 7.06. The molecule has 0 amide bonds. The largest absolute Gasteiger partial charge is 0.310 e. The first-order chi connectivity index (χ1) is 9.97. The highest BCUT2D eigenvalue weighted by Crippen LogP contribution is 2.23. The number of nitrogens with one attached hydrogen (secondary N) is 1. The molecule has 3 N–H and O–H groups in total. The van der Waals surface area contributed by atoms with Crippen molar-refractivity contribution in [3.05, 3.63) is 29.8 Å². The van der Waals surface area contributed by atoms with Crippen LogP contribution in [0.5, 0.6) is 0 Å². The van der Waals surface area contributed by atoms with Gasteiger partial charge in [-0.2, -0.15) is 0 Å². The standard InChI is InChI=1S/C16H26N2O2S/c1-13(18-12-14-6-4-2-3-5-7-14)15-8-10-16(11-9-15)21(17,19)20/h8-11,13-14,18H,2-7,12H2,1H3,(H2,17,19,20). The maximum Gasteiger partial charge on any atom is 0.238 e. The molecule has 1 aromatic carbocycles. The molecular weight excluding hydrogens is 284 g/mol. The molecule has 0 spiro atoms. The van der Waals surface area contributed by atoms with Gasteiger partial charge in [0, 0.05) is 6.04 Å². The molecule has 1 aliphatic carbocycles. The van der Waals surface area contributed by atoms with Crippen LogP contribution in [0.3, 0.4) is 0 Å². The van der Waals surface area contributed by atoms with Crippen LogP contribution in [0.1, 0.15) is 57.1 Å². The van der Waals surface area contributed by atoms with Gasteiger partial charge in [0.15, 0.2) is 0 Å². The number of benzene rings is 1. The van der Waals surface area contributed by atoms with Crippen molar-refractivity contribution in [2.75, 3.05) is 6.54 Å². The molecule has 4 nitrogen and oxygen atoms in total. The summed E-state index contributed by atoms with van der Waals surface area (Å²) < 4.78 is 22.5. The van der Waals surface area contributed by atoms with E-state index < -0.39 is 10.0 Å². The fraction of sp³-hybridized carbons (Fsp3) is 0.625. The summed E-state index contributed by atoms with van der Waals surface area (Å²) in [5, 5.41) is 8.68. The van der Waals surface area contributed by atoms with Gasteiger partial charge < -0.3 is 5.32 Å². The predicted octanol–water partition coefficient (Wildman–Crippen LogP) is 2.96. The van der Waals surface area contributed by atoms with Crippen LogP contribution in [-0.2, 0) is 10.0 Å². The van der Waals surface area contributed by atoms with E-state index in [9.17, 15) is 8.42 Å². The SMILES string of the molecule is CC(NCC1CCCCCC1)c1ccc(S(N)(=O)=O)cc1. The van der Waals surface area contributed by atoms with Crippen LogP contribution in [-0.4, -0.2) is 15.0 Å². The number of hydrogen-bond donors (Lipinski definition) is 2. The second kappa shape index (κ2) is 7.38. The molecule has 0 saturated heterocycles. The number of sulfonamides is 1. The lowest BCUT2D eigenvalue weighted by Gasteiger charge is -2.20. The first-order valence-corrected chi connectivity index (χ1v) is 9.37. The van der Waals surface area contributed by atoms with Crippen molar-refractivity contribution >= 4 is 10.0 Å². The quantitative estimate of drug-likeness (QED) is 0.821. The normalized spacial score (nSPS) is 19.1. The Morgan fingerprint density at radius 1 is 1.14 bits per heavy atom. The molecular formula is C16H26N2O2S. The van der Waals surface area contributed by atoms with Gasteiger partial charge in [0.25, 0.3) is 0 Å². The number of hydrogen-bond acceptors (Lipinski definition) is 3. The van der Waals surface area contributed by atoms with Crippen molar-refractivity contribution in [2.45, 2.75) is 56.4 Å². The zero-order valence-electron chi connectivity index (χ0n) is 12.7. The molecule has 118 valence electrons. The highest BCUT2D eigenvalue weighted by Gasteiger charge is 2.14. The van der Waals surface area contributed by atoms with Gasteiger partial charge in [-0.25, -0.2) is 13.6 Å². The summed E-state index contributed by atoms with van der Waals surface area (Å²) in [5.41, 5.74) is 1.09. The Kier molecular flexibility index (Phi) is 5.79. The average molecular weight is 310 g/mol. The third-order valence-electron chi connectivity index (χ3n) is 4.40.